The SMILES string of the molecule is COc1ccccc1CN(CCO)C(=O)c1c[nH]c2cc(F)ccc12. The highest BCUT2D eigenvalue weighted by molar-refractivity contribution is 6.06. The lowest BCUT2D eigenvalue weighted by Gasteiger charge is -2.22. The Balaban J connectivity index is 1.92. The number of carbonyl (C=O) groups excluding carboxylic acids is 1. The average molecular weight is 342 g/mol. The molecule has 1 amide bonds. The van der Waals surface area contributed by atoms with E-state index >= 15 is 0 Å². The summed E-state index contributed by atoms with van der Waals surface area (Å²) >= 11 is 0. The summed E-state index contributed by atoms with van der Waals surface area (Å²) in [5.41, 5.74) is 1.85. The third kappa shape index (κ3) is 3.49. The minimum absolute atomic E-state index is 0.155. The molecule has 2 aromatic carbocycles. The number of H-pyrrole nitrogens is 1. The minimum atomic E-state index is -0.366. The van der Waals surface area contributed by atoms with Crippen molar-refractivity contribution in [3.8, 4) is 5.75 Å². The molecule has 5 nitrogen and oxygen atoms in total. The number of para-hydroxylation sites is 1. The number of amides is 1. The van der Waals surface area contributed by atoms with E-state index in [0.29, 0.717) is 28.8 Å². The van der Waals surface area contributed by atoms with Crippen molar-refractivity contribution in [3.63, 3.8) is 0 Å². The summed E-state index contributed by atoms with van der Waals surface area (Å²) in [6.45, 7) is 0.333. The van der Waals surface area contributed by atoms with Crippen LogP contribution in [0.25, 0.3) is 10.9 Å². The lowest BCUT2D eigenvalue weighted by molar-refractivity contribution is 0.0708. The summed E-state index contributed by atoms with van der Waals surface area (Å²) in [4.78, 5) is 17.4. The number of nitrogens with one attached hydrogen (secondary N) is 1. The number of aromatic amines is 1. The maximum atomic E-state index is 13.3. The van der Waals surface area contributed by atoms with Gasteiger partial charge in [-0.2, -0.15) is 0 Å². The van der Waals surface area contributed by atoms with Crippen molar-refractivity contribution in [1.82, 2.24) is 9.88 Å². The molecule has 0 bridgehead atoms. The summed E-state index contributed by atoms with van der Waals surface area (Å²) in [5, 5.41) is 10.0. The van der Waals surface area contributed by atoms with E-state index in [1.54, 1.807) is 24.3 Å². The van der Waals surface area contributed by atoms with Gasteiger partial charge in [0.2, 0.25) is 0 Å². The van der Waals surface area contributed by atoms with Crippen LogP contribution in [0, 0.1) is 5.82 Å². The number of carbonyl (C=O) groups is 1. The molecule has 0 saturated heterocycles. The van der Waals surface area contributed by atoms with Crippen LogP contribution < -0.4 is 4.74 Å². The van der Waals surface area contributed by atoms with E-state index in [1.807, 2.05) is 24.3 Å². The molecule has 0 aliphatic carbocycles. The van der Waals surface area contributed by atoms with Gasteiger partial charge in [0, 0.05) is 35.8 Å². The number of hydrogen-bond donors (Lipinski definition) is 2. The van der Waals surface area contributed by atoms with E-state index in [-0.39, 0.29) is 24.9 Å². The largest absolute Gasteiger partial charge is 0.496 e. The van der Waals surface area contributed by atoms with Gasteiger partial charge < -0.3 is 19.7 Å². The summed E-state index contributed by atoms with van der Waals surface area (Å²) in [5.74, 6) is 0.0756. The third-order valence-electron chi connectivity index (χ3n) is 4.09. The summed E-state index contributed by atoms with van der Waals surface area (Å²) in [7, 11) is 1.57. The molecule has 0 radical (unpaired) electrons. The highest BCUT2D eigenvalue weighted by atomic mass is 19.1. The minimum Gasteiger partial charge on any atom is -0.496 e. The van der Waals surface area contributed by atoms with Gasteiger partial charge in [-0.15, -0.1) is 0 Å². The van der Waals surface area contributed by atoms with Crippen LogP contribution in [0.15, 0.2) is 48.7 Å². The summed E-state index contributed by atoms with van der Waals surface area (Å²) in [6, 6.07) is 11.7. The van der Waals surface area contributed by atoms with Crippen LogP contribution in [0.2, 0.25) is 0 Å². The molecule has 0 atom stereocenters. The predicted octanol–water partition coefficient (Wildman–Crippen LogP) is 2.95. The van der Waals surface area contributed by atoms with E-state index in [1.165, 1.54) is 12.1 Å². The van der Waals surface area contributed by atoms with Crippen molar-refractivity contribution < 1.29 is 19.0 Å². The summed E-state index contributed by atoms with van der Waals surface area (Å²) < 4.78 is 18.7. The Labute approximate surface area is 144 Å². The molecule has 1 heterocycles. The smallest absolute Gasteiger partial charge is 0.256 e. The van der Waals surface area contributed by atoms with E-state index < -0.39 is 0 Å². The number of aliphatic hydroxyl groups excluding tert-OH is 1. The second-order valence-corrected chi connectivity index (χ2v) is 5.65. The number of fused-ring (bicyclic) bond motifs is 1. The zero-order valence-electron chi connectivity index (χ0n) is 13.8. The molecule has 0 saturated carbocycles. The van der Waals surface area contributed by atoms with Crippen LogP contribution in [-0.2, 0) is 6.54 Å². The van der Waals surface area contributed by atoms with Gasteiger partial charge in [0.05, 0.1) is 19.3 Å². The van der Waals surface area contributed by atoms with Crippen molar-refractivity contribution in [2.75, 3.05) is 20.3 Å². The van der Waals surface area contributed by atoms with Crippen molar-refractivity contribution in [2.45, 2.75) is 6.54 Å². The Hall–Kier alpha value is -2.86. The number of aromatic nitrogens is 1. The molecular weight excluding hydrogens is 323 g/mol. The van der Waals surface area contributed by atoms with Crippen molar-refractivity contribution in [1.29, 1.82) is 0 Å². The first-order valence-corrected chi connectivity index (χ1v) is 7.92. The molecule has 0 unspecified atom stereocenters. The fourth-order valence-corrected chi connectivity index (χ4v) is 2.86. The molecule has 2 N–H and O–H groups in total. The number of halogens is 1. The normalized spacial score (nSPS) is 10.8. The van der Waals surface area contributed by atoms with Crippen LogP contribution in [0.1, 0.15) is 15.9 Å². The van der Waals surface area contributed by atoms with E-state index in [0.717, 1.165) is 5.56 Å². The van der Waals surface area contributed by atoms with Gasteiger partial charge in [-0.25, -0.2) is 4.39 Å². The first-order chi connectivity index (χ1) is 12.1. The van der Waals surface area contributed by atoms with Crippen LogP contribution in [0.5, 0.6) is 5.75 Å². The molecule has 0 fully saturated rings. The Morgan fingerprint density at radius 1 is 1.28 bits per heavy atom. The number of benzene rings is 2. The van der Waals surface area contributed by atoms with Crippen molar-refractivity contribution in [2.24, 2.45) is 0 Å². The fraction of sp³-hybridized carbons (Fsp3) is 0.211. The lowest BCUT2D eigenvalue weighted by atomic mass is 10.1. The predicted molar refractivity (Wildman–Crippen MR) is 93.1 cm³/mol. The highest BCUT2D eigenvalue weighted by Crippen LogP contribution is 2.24. The molecule has 0 spiro atoms. The second-order valence-electron chi connectivity index (χ2n) is 5.65. The molecular formula is C19H19FN2O3. The van der Waals surface area contributed by atoms with Crippen LogP contribution in [-0.4, -0.2) is 41.2 Å². The highest BCUT2D eigenvalue weighted by Gasteiger charge is 2.20. The van der Waals surface area contributed by atoms with Gasteiger partial charge in [0.1, 0.15) is 11.6 Å². The number of ether oxygens (including phenoxy) is 1. The van der Waals surface area contributed by atoms with Crippen LogP contribution in [0.3, 0.4) is 0 Å². The topological polar surface area (TPSA) is 65.6 Å². The molecule has 6 heteroatoms. The fourth-order valence-electron chi connectivity index (χ4n) is 2.86. The number of rotatable bonds is 6. The molecule has 130 valence electrons. The van der Waals surface area contributed by atoms with Crippen LogP contribution in [0.4, 0.5) is 4.39 Å². The lowest BCUT2D eigenvalue weighted by Crippen LogP contribution is -2.33. The molecule has 3 rings (SSSR count). The average Bonchev–Trinajstić information content (AvgIpc) is 3.04. The van der Waals surface area contributed by atoms with Gasteiger partial charge in [-0.05, 0) is 24.3 Å². The standard InChI is InChI=1S/C19H19FN2O3/c1-25-18-5-3-2-4-13(18)12-22(8-9-23)19(24)16-11-21-17-10-14(20)6-7-15(16)17/h2-7,10-11,21,23H,8-9,12H2,1H3. The Morgan fingerprint density at radius 3 is 2.84 bits per heavy atom. The monoisotopic (exact) mass is 342 g/mol. The zero-order chi connectivity index (χ0) is 17.8. The van der Waals surface area contributed by atoms with Gasteiger partial charge >= 0.3 is 0 Å². The number of hydrogen-bond acceptors (Lipinski definition) is 3. The van der Waals surface area contributed by atoms with Gasteiger partial charge in [0.25, 0.3) is 5.91 Å². The molecule has 0 aliphatic heterocycles. The quantitative estimate of drug-likeness (QED) is 0.724. The number of nitrogens with zero attached hydrogens (tertiary/aromatic N) is 1. The maximum Gasteiger partial charge on any atom is 0.256 e. The van der Waals surface area contributed by atoms with Gasteiger partial charge in [-0.1, -0.05) is 18.2 Å². The summed E-state index contributed by atoms with van der Waals surface area (Å²) in [6.07, 6.45) is 1.57. The van der Waals surface area contributed by atoms with Gasteiger partial charge in [0.15, 0.2) is 0 Å². The molecule has 0 aliphatic rings. The van der Waals surface area contributed by atoms with Gasteiger partial charge in [-0.3, -0.25) is 4.79 Å². The molecule has 3 aromatic rings. The van der Waals surface area contributed by atoms with E-state index in [4.69, 9.17) is 4.74 Å². The Kier molecular flexibility index (Phi) is 5.00. The maximum absolute atomic E-state index is 13.3. The van der Waals surface area contributed by atoms with Crippen LogP contribution >= 0.6 is 0 Å². The first kappa shape index (κ1) is 17.0. The second kappa shape index (κ2) is 7.36. The van der Waals surface area contributed by atoms with Crippen molar-refractivity contribution in [3.05, 3.63) is 65.6 Å². The molecule has 25 heavy (non-hydrogen) atoms. The third-order valence-corrected chi connectivity index (χ3v) is 4.09. The Morgan fingerprint density at radius 2 is 2.08 bits per heavy atom. The number of methoxy groups -OCH3 is 1. The van der Waals surface area contributed by atoms with Crippen molar-refractivity contribution >= 4 is 16.8 Å². The molecule has 1 aromatic heterocycles. The Bertz CT molecular complexity index is 891. The van der Waals surface area contributed by atoms with E-state index in [9.17, 15) is 14.3 Å². The zero-order valence-corrected chi connectivity index (χ0v) is 13.8. The van der Waals surface area contributed by atoms with E-state index in [2.05, 4.69) is 4.98 Å². The first-order valence-electron chi connectivity index (χ1n) is 7.92. The number of aliphatic hydroxyl groups is 1.